The molecule has 8 heteroatoms. The van der Waals surface area contributed by atoms with Crippen LogP contribution >= 0.6 is 22.2 Å². The number of carboxylic acids is 2. The van der Waals surface area contributed by atoms with E-state index in [9.17, 15) is 14.7 Å². The highest BCUT2D eigenvalue weighted by atomic mass is 35.6. The molecule has 0 radical (unpaired) electrons. The third kappa shape index (κ3) is 3.72. The largest absolute Gasteiger partial charge is 0.481 e. The van der Waals surface area contributed by atoms with Crippen LogP contribution in [0.2, 0.25) is 30.8 Å². The fourth-order valence-corrected chi connectivity index (χ4v) is 16.4. The van der Waals surface area contributed by atoms with Gasteiger partial charge in [0.15, 0.2) is 14.8 Å². The van der Waals surface area contributed by atoms with Gasteiger partial charge in [-0.1, -0.05) is 26.2 Å². The lowest BCUT2D eigenvalue weighted by molar-refractivity contribution is -0.140. The van der Waals surface area contributed by atoms with Gasteiger partial charge in [-0.05, 0) is 12.8 Å². The van der Waals surface area contributed by atoms with E-state index in [-0.39, 0.29) is 19.3 Å². The van der Waals surface area contributed by atoms with Crippen LogP contribution in [0.1, 0.15) is 19.3 Å². The van der Waals surface area contributed by atoms with E-state index in [1.807, 2.05) is 0 Å². The molecule has 0 bridgehead atoms. The molecule has 0 heterocycles. The molecule has 0 fully saturated rings. The summed E-state index contributed by atoms with van der Waals surface area (Å²) < 4.78 is -1.13. The molecule has 2 N–H and O–H groups in total. The van der Waals surface area contributed by atoms with Crippen LogP contribution in [-0.4, -0.2) is 36.9 Å². The molecular formula is C10H20Cl2O4Si2. The highest BCUT2D eigenvalue weighted by molar-refractivity contribution is 7.36. The van der Waals surface area contributed by atoms with Crippen molar-refractivity contribution in [3.05, 3.63) is 0 Å². The third-order valence-electron chi connectivity index (χ3n) is 3.34. The molecule has 0 amide bonds. The van der Waals surface area contributed by atoms with Gasteiger partial charge in [-0.25, -0.2) is 0 Å². The predicted molar refractivity (Wildman–Crippen MR) is 78.5 cm³/mol. The minimum absolute atomic E-state index is 0.0578. The molecule has 0 aromatic heterocycles. The lowest BCUT2D eigenvalue weighted by Crippen LogP contribution is -2.56. The van der Waals surface area contributed by atoms with Crippen LogP contribution < -0.4 is 0 Å². The van der Waals surface area contributed by atoms with Crippen LogP contribution in [-0.2, 0) is 9.59 Å². The van der Waals surface area contributed by atoms with E-state index in [2.05, 4.69) is 0 Å². The summed E-state index contributed by atoms with van der Waals surface area (Å²) in [6.45, 7) is 7.06. The maximum absolute atomic E-state index is 11.7. The molecule has 0 saturated carbocycles. The number of rotatable bonds is 7. The first-order valence-corrected chi connectivity index (χ1v) is 13.7. The Bertz CT molecular complexity index is 320. The Kier molecular flexibility index (Phi) is 5.92. The van der Waals surface area contributed by atoms with Gasteiger partial charge in [0, 0.05) is 6.42 Å². The summed E-state index contributed by atoms with van der Waals surface area (Å²) >= 11 is 12.8. The highest BCUT2D eigenvalue weighted by Crippen LogP contribution is 2.54. The van der Waals surface area contributed by atoms with E-state index in [0.29, 0.717) is 0 Å². The molecule has 0 saturated heterocycles. The molecular weight excluding hydrogens is 311 g/mol. The maximum atomic E-state index is 11.7. The second-order valence-corrected chi connectivity index (χ2v) is 19.2. The van der Waals surface area contributed by atoms with Gasteiger partial charge in [0.25, 0.3) is 0 Å². The third-order valence-corrected chi connectivity index (χ3v) is 15.0. The average molecular weight is 331 g/mol. The van der Waals surface area contributed by atoms with Gasteiger partial charge in [0.1, 0.15) is 0 Å². The fourth-order valence-electron chi connectivity index (χ4n) is 2.42. The molecule has 4 nitrogen and oxygen atoms in total. The quantitative estimate of drug-likeness (QED) is 0.553. The van der Waals surface area contributed by atoms with Gasteiger partial charge in [0.05, 0.1) is 4.66 Å². The van der Waals surface area contributed by atoms with Crippen molar-refractivity contribution in [3.63, 3.8) is 0 Å². The number of hydrogen-bond acceptors (Lipinski definition) is 2. The van der Waals surface area contributed by atoms with Crippen molar-refractivity contribution in [1.29, 1.82) is 0 Å². The summed E-state index contributed by atoms with van der Waals surface area (Å²) in [5, 5.41) is 18.3. The Morgan fingerprint density at radius 1 is 1.06 bits per heavy atom. The van der Waals surface area contributed by atoms with Crippen LogP contribution in [0.25, 0.3) is 0 Å². The first kappa shape index (κ1) is 18.0. The van der Waals surface area contributed by atoms with Crippen LogP contribution in [0.4, 0.5) is 0 Å². The topological polar surface area (TPSA) is 74.6 Å². The summed E-state index contributed by atoms with van der Waals surface area (Å²) in [7, 11) is -5.20. The van der Waals surface area contributed by atoms with Crippen LogP contribution in [0.15, 0.2) is 0 Å². The van der Waals surface area contributed by atoms with Crippen molar-refractivity contribution in [2.24, 2.45) is 0 Å². The summed E-state index contributed by atoms with van der Waals surface area (Å²) in [6, 6.07) is 0. The van der Waals surface area contributed by atoms with Crippen molar-refractivity contribution in [3.8, 4) is 0 Å². The zero-order valence-corrected chi connectivity index (χ0v) is 14.6. The normalized spacial score (nSPS) is 13.4. The lowest BCUT2D eigenvalue weighted by Gasteiger charge is -2.44. The molecule has 0 aliphatic carbocycles. The molecule has 18 heavy (non-hydrogen) atoms. The number of carboxylic acid groups (broad SMARTS) is 2. The van der Waals surface area contributed by atoms with E-state index in [4.69, 9.17) is 27.3 Å². The van der Waals surface area contributed by atoms with Gasteiger partial charge < -0.3 is 10.2 Å². The van der Waals surface area contributed by atoms with Crippen LogP contribution in [0.3, 0.4) is 0 Å². The molecule has 0 spiro atoms. The van der Waals surface area contributed by atoms with Crippen molar-refractivity contribution in [1.82, 2.24) is 0 Å². The van der Waals surface area contributed by atoms with Crippen LogP contribution in [0.5, 0.6) is 0 Å². The highest BCUT2D eigenvalue weighted by Gasteiger charge is 2.61. The van der Waals surface area contributed by atoms with E-state index < -0.39 is 31.4 Å². The smallest absolute Gasteiger partial charge is 0.306 e. The standard InChI is InChI=1S/C10H20Cl2O4Si2/c1-17(2,11)10(9(15)16,18(3,4)12)7-5-6-8(13)14/h5-7H2,1-4H3,(H,13,14)(H,15,16). The minimum Gasteiger partial charge on any atom is -0.481 e. The SMILES string of the molecule is C[Si](C)(Cl)C(CCCC(=O)O)(C(=O)O)[Si](C)(C)Cl. The number of hydrogen-bond donors (Lipinski definition) is 2. The molecule has 0 aromatic carbocycles. The van der Waals surface area contributed by atoms with E-state index in [1.54, 1.807) is 26.2 Å². The van der Waals surface area contributed by atoms with Gasteiger partial charge in [-0.3, -0.25) is 9.59 Å². The summed E-state index contributed by atoms with van der Waals surface area (Å²) in [6.07, 6.45) is 0.464. The zero-order chi connectivity index (χ0) is 14.8. The first-order valence-electron chi connectivity index (χ1n) is 5.69. The van der Waals surface area contributed by atoms with Crippen molar-refractivity contribution in [2.45, 2.75) is 50.1 Å². The Morgan fingerprint density at radius 2 is 1.44 bits per heavy atom. The Balaban J connectivity index is 5.39. The second kappa shape index (κ2) is 5.94. The van der Waals surface area contributed by atoms with E-state index in [0.717, 1.165) is 0 Å². The molecule has 0 unspecified atom stereocenters. The Labute approximate surface area is 119 Å². The van der Waals surface area contributed by atoms with E-state index >= 15 is 0 Å². The summed E-state index contributed by atoms with van der Waals surface area (Å²) in [5.41, 5.74) is 0. The van der Waals surface area contributed by atoms with Gasteiger partial charge >= 0.3 is 11.9 Å². The average Bonchev–Trinajstić information content (AvgIpc) is 2.06. The summed E-state index contributed by atoms with van der Waals surface area (Å²) in [4.78, 5) is 22.3. The first-order chi connectivity index (χ1) is 7.86. The Hall–Kier alpha value is -0.0462. The molecule has 106 valence electrons. The predicted octanol–water partition coefficient (Wildman–Crippen LogP) is 3.49. The van der Waals surface area contributed by atoms with Gasteiger partial charge in [0.2, 0.25) is 0 Å². The maximum Gasteiger partial charge on any atom is 0.306 e. The Morgan fingerprint density at radius 3 is 1.67 bits per heavy atom. The number of halogens is 2. The molecule has 0 atom stereocenters. The van der Waals surface area contributed by atoms with Crippen molar-refractivity contribution < 1.29 is 19.8 Å². The number of aliphatic carboxylic acids is 2. The van der Waals surface area contributed by atoms with Crippen molar-refractivity contribution >= 4 is 48.9 Å². The van der Waals surface area contributed by atoms with Crippen LogP contribution in [0, 0.1) is 0 Å². The van der Waals surface area contributed by atoms with Gasteiger partial charge in [-0.2, -0.15) is 22.2 Å². The fraction of sp³-hybridized carbons (Fsp3) is 0.800. The molecule has 0 rings (SSSR count). The molecule has 0 aromatic rings. The minimum atomic E-state index is -2.60. The molecule has 0 aliphatic heterocycles. The second-order valence-electron chi connectivity index (χ2n) is 5.40. The van der Waals surface area contributed by atoms with Crippen molar-refractivity contribution in [2.75, 3.05) is 0 Å². The lowest BCUT2D eigenvalue weighted by atomic mass is 10.2. The zero-order valence-electron chi connectivity index (χ0n) is 11.1. The van der Waals surface area contributed by atoms with E-state index in [1.165, 1.54) is 0 Å². The molecule has 0 aliphatic rings. The monoisotopic (exact) mass is 330 g/mol. The number of carbonyl (C=O) groups is 2. The van der Waals surface area contributed by atoms with Gasteiger partial charge in [-0.15, -0.1) is 0 Å². The summed E-state index contributed by atoms with van der Waals surface area (Å²) in [5.74, 6) is -1.91.